The SMILES string of the molecule is CCC1NC(=O)C(OC(C)=O)(c2ccccc2)c2ccccc21. The van der Waals surface area contributed by atoms with Crippen LogP contribution in [0.5, 0.6) is 0 Å². The van der Waals surface area contributed by atoms with Gasteiger partial charge in [0.25, 0.3) is 5.91 Å². The van der Waals surface area contributed by atoms with Gasteiger partial charge in [-0.1, -0.05) is 61.5 Å². The Morgan fingerprint density at radius 2 is 1.78 bits per heavy atom. The molecule has 0 saturated carbocycles. The molecule has 23 heavy (non-hydrogen) atoms. The van der Waals surface area contributed by atoms with Crippen molar-refractivity contribution in [2.24, 2.45) is 0 Å². The maximum atomic E-state index is 13.0. The number of hydrogen-bond acceptors (Lipinski definition) is 3. The number of rotatable bonds is 3. The van der Waals surface area contributed by atoms with E-state index in [0.717, 1.165) is 17.5 Å². The fraction of sp³-hybridized carbons (Fsp3) is 0.263. The maximum Gasteiger partial charge on any atom is 0.304 e. The summed E-state index contributed by atoms with van der Waals surface area (Å²) in [7, 11) is 0. The lowest BCUT2D eigenvalue weighted by Crippen LogP contribution is -2.53. The smallest absolute Gasteiger partial charge is 0.304 e. The highest BCUT2D eigenvalue weighted by Crippen LogP contribution is 2.42. The van der Waals surface area contributed by atoms with Crippen LogP contribution in [0.4, 0.5) is 0 Å². The molecule has 0 fully saturated rings. The van der Waals surface area contributed by atoms with Crippen LogP contribution in [0.25, 0.3) is 0 Å². The molecular formula is C19H19NO3. The van der Waals surface area contributed by atoms with Crippen LogP contribution in [0.15, 0.2) is 54.6 Å². The lowest BCUT2D eigenvalue weighted by Gasteiger charge is -2.40. The summed E-state index contributed by atoms with van der Waals surface area (Å²) in [6, 6.07) is 16.7. The number of benzene rings is 2. The quantitative estimate of drug-likeness (QED) is 0.887. The van der Waals surface area contributed by atoms with Crippen molar-refractivity contribution in [2.75, 3.05) is 0 Å². The van der Waals surface area contributed by atoms with E-state index in [2.05, 4.69) is 5.32 Å². The van der Waals surface area contributed by atoms with Gasteiger partial charge in [0.1, 0.15) is 0 Å². The first-order chi connectivity index (χ1) is 11.1. The van der Waals surface area contributed by atoms with Crippen molar-refractivity contribution in [3.05, 3.63) is 71.3 Å². The first kappa shape index (κ1) is 15.3. The minimum Gasteiger partial charge on any atom is -0.439 e. The summed E-state index contributed by atoms with van der Waals surface area (Å²) in [5, 5.41) is 3.00. The van der Waals surface area contributed by atoms with E-state index in [4.69, 9.17) is 4.74 Å². The second-order valence-corrected chi connectivity index (χ2v) is 5.66. The zero-order chi connectivity index (χ0) is 16.4. The van der Waals surface area contributed by atoms with Crippen molar-refractivity contribution in [1.82, 2.24) is 5.32 Å². The van der Waals surface area contributed by atoms with Crippen molar-refractivity contribution < 1.29 is 14.3 Å². The van der Waals surface area contributed by atoms with E-state index in [1.165, 1.54) is 6.92 Å². The molecule has 3 rings (SSSR count). The molecule has 2 unspecified atom stereocenters. The van der Waals surface area contributed by atoms with Crippen LogP contribution in [0, 0.1) is 0 Å². The fourth-order valence-corrected chi connectivity index (χ4v) is 3.24. The molecule has 1 aliphatic heterocycles. The fourth-order valence-electron chi connectivity index (χ4n) is 3.24. The van der Waals surface area contributed by atoms with Gasteiger partial charge in [0.15, 0.2) is 0 Å². The number of fused-ring (bicyclic) bond motifs is 1. The minimum absolute atomic E-state index is 0.0777. The Bertz CT molecular complexity index is 741. The van der Waals surface area contributed by atoms with Gasteiger partial charge in [-0.2, -0.15) is 0 Å². The molecular weight excluding hydrogens is 290 g/mol. The molecule has 1 heterocycles. The number of carbonyl (C=O) groups is 2. The largest absolute Gasteiger partial charge is 0.439 e. The van der Waals surface area contributed by atoms with Gasteiger partial charge >= 0.3 is 5.97 Å². The van der Waals surface area contributed by atoms with E-state index in [-0.39, 0.29) is 11.9 Å². The minimum atomic E-state index is -1.44. The third-order valence-corrected chi connectivity index (χ3v) is 4.23. The second-order valence-electron chi connectivity index (χ2n) is 5.66. The summed E-state index contributed by atoms with van der Waals surface area (Å²) in [6.45, 7) is 3.34. The molecule has 2 aromatic carbocycles. The molecule has 2 aromatic rings. The van der Waals surface area contributed by atoms with Crippen molar-refractivity contribution in [2.45, 2.75) is 31.9 Å². The average Bonchev–Trinajstić information content (AvgIpc) is 2.57. The summed E-state index contributed by atoms with van der Waals surface area (Å²) in [4.78, 5) is 24.8. The highest BCUT2D eigenvalue weighted by molar-refractivity contribution is 5.94. The topological polar surface area (TPSA) is 55.4 Å². The predicted molar refractivity (Wildman–Crippen MR) is 86.6 cm³/mol. The number of carbonyl (C=O) groups excluding carboxylic acids is 2. The third-order valence-electron chi connectivity index (χ3n) is 4.23. The number of amides is 1. The molecule has 0 bridgehead atoms. The summed E-state index contributed by atoms with van der Waals surface area (Å²) in [5.41, 5.74) is 0.932. The standard InChI is InChI=1S/C19H19NO3/c1-3-17-15-11-7-8-12-16(15)19(18(22)20-17,23-13(2)21)14-9-5-4-6-10-14/h4-12,17H,3H2,1-2H3,(H,20,22). The maximum absolute atomic E-state index is 13.0. The molecule has 0 aliphatic carbocycles. The van der Waals surface area contributed by atoms with Crippen LogP contribution in [0.3, 0.4) is 0 Å². The zero-order valence-corrected chi connectivity index (χ0v) is 13.2. The molecule has 1 N–H and O–H groups in total. The van der Waals surface area contributed by atoms with E-state index in [1.807, 2.05) is 61.5 Å². The molecule has 2 atom stereocenters. The summed E-state index contributed by atoms with van der Waals surface area (Å²) in [5.74, 6) is -0.793. The van der Waals surface area contributed by atoms with E-state index in [1.54, 1.807) is 0 Å². The van der Waals surface area contributed by atoms with Gasteiger partial charge in [0.05, 0.1) is 6.04 Å². The monoisotopic (exact) mass is 309 g/mol. The zero-order valence-electron chi connectivity index (χ0n) is 13.2. The molecule has 1 amide bonds. The molecule has 0 spiro atoms. The normalized spacial score (nSPS) is 22.9. The van der Waals surface area contributed by atoms with Gasteiger partial charge in [-0.3, -0.25) is 9.59 Å². The molecule has 4 heteroatoms. The Morgan fingerprint density at radius 3 is 2.43 bits per heavy atom. The lowest BCUT2D eigenvalue weighted by atomic mass is 9.77. The molecule has 4 nitrogen and oxygen atoms in total. The second kappa shape index (κ2) is 5.88. The van der Waals surface area contributed by atoms with E-state index in [0.29, 0.717) is 5.56 Å². The van der Waals surface area contributed by atoms with Gasteiger partial charge < -0.3 is 10.1 Å². The van der Waals surface area contributed by atoms with Gasteiger partial charge in [-0.15, -0.1) is 0 Å². The number of hydrogen-bond donors (Lipinski definition) is 1. The van der Waals surface area contributed by atoms with Gasteiger partial charge in [0.2, 0.25) is 5.60 Å². The van der Waals surface area contributed by atoms with Crippen LogP contribution < -0.4 is 5.32 Å². The average molecular weight is 309 g/mol. The van der Waals surface area contributed by atoms with Gasteiger partial charge in [0, 0.05) is 18.1 Å². The summed E-state index contributed by atoms with van der Waals surface area (Å²) >= 11 is 0. The number of nitrogens with one attached hydrogen (secondary N) is 1. The molecule has 118 valence electrons. The number of ether oxygens (including phenoxy) is 1. The van der Waals surface area contributed by atoms with Crippen LogP contribution in [-0.2, 0) is 19.9 Å². The van der Waals surface area contributed by atoms with Crippen molar-refractivity contribution in [3.63, 3.8) is 0 Å². The highest BCUT2D eigenvalue weighted by Gasteiger charge is 2.50. The Hall–Kier alpha value is -2.62. The van der Waals surface area contributed by atoms with Gasteiger partial charge in [-0.25, -0.2) is 0 Å². The molecule has 0 radical (unpaired) electrons. The molecule has 0 aromatic heterocycles. The summed E-state index contributed by atoms with van der Waals surface area (Å²) in [6.07, 6.45) is 0.772. The first-order valence-corrected chi connectivity index (χ1v) is 7.75. The van der Waals surface area contributed by atoms with Crippen LogP contribution in [0.2, 0.25) is 0 Å². The number of esters is 1. The van der Waals surface area contributed by atoms with Crippen molar-refractivity contribution >= 4 is 11.9 Å². The van der Waals surface area contributed by atoms with Crippen LogP contribution in [-0.4, -0.2) is 11.9 Å². The third kappa shape index (κ3) is 2.40. The van der Waals surface area contributed by atoms with Gasteiger partial charge in [-0.05, 0) is 12.0 Å². The van der Waals surface area contributed by atoms with E-state index >= 15 is 0 Å². The Morgan fingerprint density at radius 1 is 1.13 bits per heavy atom. The Balaban J connectivity index is 2.30. The summed E-state index contributed by atoms with van der Waals surface area (Å²) < 4.78 is 5.65. The van der Waals surface area contributed by atoms with Crippen molar-refractivity contribution in [1.29, 1.82) is 0 Å². The van der Waals surface area contributed by atoms with Crippen molar-refractivity contribution in [3.8, 4) is 0 Å². The molecule has 0 saturated heterocycles. The highest BCUT2D eigenvalue weighted by atomic mass is 16.6. The van der Waals surface area contributed by atoms with E-state index in [9.17, 15) is 9.59 Å². The van der Waals surface area contributed by atoms with Crippen LogP contribution >= 0.6 is 0 Å². The Labute approximate surface area is 135 Å². The lowest BCUT2D eigenvalue weighted by molar-refractivity contribution is -0.165. The van der Waals surface area contributed by atoms with E-state index < -0.39 is 11.6 Å². The molecule has 1 aliphatic rings. The van der Waals surface area contributed by atoms with Crippen LogP contribution in [0.1, 0.15) is 43.0 Å². The first-order valence-electron chi connectivity index (χ1n) is 7.75. The Kier molecular flexibility index (Phi) is 3.90. The predicted octanol–water partition coefficient (Wildman–Crippen LogP) is 3.07.